The number of halogens is 15. The molecule has 0 aliphatic rings. The number of nitrogen functional groups attached to an aromatic ring is 1. The van der Waals surface area contributed by atoms with Crippen LogP contribution >= 0.6 is 61.4 Å². The molecule has 0 unspecified atom stereocenters. The first-order chi connectivity index (χ1) is 52.3. The summed E-state index contributed by atoms with van der Waals surface area (Å²) in [5.41, 5.74) is 3.59. The maximum absolute atomic E-state index is 14.1. The van der Waals surface area contributed by atoms with E-state index in [4.69, 9.17) is 76.6 Å². The monoisotopic (exact) mass is 1820 g/mol. The number of allylic oxidation sites excluding steroid dienone is 2. The van der Waals surface area contributed by atoms with E-state index in [1.807, 2.05) is 13.8 Å². The Kier molecular flexibility index (Phi) is 39.8. The Balaban J connectivity index is 0.000000690. The predicted octanol–water partition coefficient (Wildman–Crippen LogP) is 17.4. The summed E-state index contributed by atoms with van der Waals surface area (Å²) < 4.78 is 209. The molecule has 620 valence electrons. The summed E-state index contributed by atoms with van der Waals surface area (Å²) in [6.45, 7) is 20.1. The number of aromatic hydroxyl groups is 3. The van der Waals surface area contributed by atoms with Gasteiger partial charge in [0.15, 0.2) is 36.9 Å². The second kappa shape index (κ2) is 44.3. The van der Waals surface area contributed by atoms with Crippen LogP contribution in [0.5, 0.6) is 17.2 Å². The second-order valence-corrected chi connectivity index (χ2v) is 32.3. The van der Waals surface area contributed by atoms with Crippen molar-refractivity contribution in [2.24, 2.45) is 0 Å². The number of aliphatic hydroxyl groups is 1. The van der Waals surface area contributed by atoms with Gasteiger partial charge in [-0.1, -0.05) is 88.4 Å². The fourth-order valence-electron chi connectivity index (χ4n) is 8.44. The van der Waals surface area contributed by atoms with E-state index in [1.165, 1.54) is 13.0 Å². The van der Waals surface area contributed by atoms with Gasteiger partial charge in [0.2, 0.25) is 11.6 Å². The number of nitrogens with zero attached hydrogens (tertiary/aromatic N) is 2. The Hall–Kier alpha value is -9.62. The number of hydrogen-bond donors (Lipinski definition) is 9. The number of esters is 1. The summed E-state index contributed by atoms with van der Waals surface area (Å²) in [5.74, 6) is -17.3. The molecule has 0 atom stereocenters. The van der Waals surface area contributed by atoms with Gasteiger partial charge in [0, 0.05) is 76.9 Å². The lowest BCUT2D eigenvalue weighted by Gasteiger charge is -2.13. The molecular weight excluding hydrogens is 1750 g/mol. The zero-order valence-electron chi connectivity index (χ0n) is 60.5. The van der Waals surface area contributed by atoms with Gasteiger partial charge in [0.1, 0.15) is 61.2 Å². The third-order valence-electron chi connectivity index (χ3n) is 14.3. The lowest BCUT2D eigenvalue weighted by molar-refractivity contribution is -0.387. The molecule has 114 heavy (non-hydrogen) atoms. The highest BCUT2D eigenvalue weighted by Crippen LogP contribution is 2.39. The van der Waals surface area contributed by atoms with Gasteiger partial charge in [-0.25, -0.2) is 74.8 Å². The first-order valence-electron chi connectivity index (χ1n) is 31.0. The number of rotatable bonds is 17. The van der Waals surface area contributed by atoms with Crippen molar-refractivity contribution in [1.29, 1.82) is 0 Å². The van der Waals surface area contributed by atoms with E-state index in [0.29, 0.717) is 40.9 Å². The Labute approximate surface area is 672 Å². The van der Waals surface area contributed by atoms with Gasteiger partial charge in [0.25, 0.3) is 9.05 Å². The number of phenolic OH excluding ortho intramolecular Hbond substituents is 3. The fourth-order valence-corrected chi connectivity index (χ4v) is 13.6. The zero-order chi connectivity index (χ0) is 88.8. The van der Waals surface area contributed by atoms with Gasteiger partial charge in [0.05, 0.1) is 70.4 Å². The molecular formula is C70H67BBrCl4F10N3O22S3. The number of methoxy groups -OCH3 is 1. The van der Waals surface area contributed by atoms with Crippen LogP contribution in [0.1, 0.15) is 138 Å². The molecule has 8 aromatic carbocycles. The van der Waals surface area contributed by atoms with Crippen LogP contribution in [0.4, 0.5) is 61.0 Å². The number of benzene rings is 8. The Bertz CT molecular complexity index is 5300. The molecule has 0 aliphatic carbocycles. The van der Waals surface area contributed by atoms with Crippen LogP contribution in [0, 0.1) is 78.4 Å². The smallest absolute Gasteiger partial charge is 0.483 e. The van der Waals surface area contributed by atoms with Crippen LogP contribution in [0.15, 0.2) is 135 Å². The maximum Gasteiger partial charge on any atom is 0.483 e. The first-order valence-corrected chi connectivity index (χ1v) is 38.6. The van der Waals surface area contributed by atoms with Crippen molar-refractivity contribution in [3.8, 4) is 17.2 Å². The van der Waals surface area contributed by atoms with Crippen molar-refractivity contribution in [2.75, 3.05) is 20.0 Å². The third-order valence-corrected chi connectivity index (χ3v) is 20.4. The van der Waals surface area contributed by atoms with Crippen molar-refractivity contribution >= 4 is 138 Å². The summed E-state index contributed by atoms with van der Waals surface area (Å²) in [4.78, 5) is 49.8. The lowest BCUT2D eigenvalue weighted by atomic mass is 9.82. The molecule has 0 bridgehead atoms. The standard InChI is InChI=1S/C18H17ClF2O5S.C17H15ClF2O5S.C9H7F2NO2.C9H11F2N.C7H4Cl2O5S.C6H2BrF2NO2.C3H7BO2.CH4O/c1-9(2)12-4-11(14(20)7-15(12)21)8-27(24,25)16-6-10(18(23)26-3)5-13(19)17(16)22;1-8(2)11-3-10(13(19)6-14(11)20)7-26(24,25)15-5-9(17(22)23)4-12(18)16(15)21;1-5(2)6-3-9(12(13)14)8(11)4-7(6)10;1-5(2)6-3-9(12)8(11)4-7(6)10;8-4-1-3(7(11)12)2-5(6(4)10)15(9,13)14;7-3-1-6(10(11)12)5(9)2-4(3)8;1-3(2)4(5)6;1-2/h4-7,9,22H,8H2,1-3H3;3-6,8,21H,7H2,1-2H3,(H,22,23);3-4H,1H2,2H3;3-5H,12H2,1-2H3;1-2,10H,(H,11,12);1-2H;5-6H,1H2,2H3;2H,1H3. The maximum atomic E-state index is 14.1. The Morgan fingerprint density at radius 1 is 0.509 bits per heavy atom. The van der Waals surface area contributed by atoms with Crippen molar-refractivity contribution < 1.29 is 139 Å². The number of anilines is 1. The molecule has 0 spiro atoms. The van der Waals surface area contributed by atoms with E-state index >= 15 is 0 Å². The highest BCUT2D eigenvalue weighted by atomic mass is 79.9. The number of aromatic carboxylic acids is 2. The quantitative estimate of drug-likeness (QED) is 0.00597. The van der Waals surface area contributed by atoms with Crippen molar-refractivity contribution in [2.45, 2.75) is 99.3 Å². The normalized spacial score (nSPS) is 10.8. The minimum atomic E-state index is -4.36. The van der Waals surface area contributed by atoms with E-state index in [1.54, 1.807) is 34.6 Å². The number of phenols is 3. The summed E-state index contributed by atoms with van der Waals surface area (Å²) in [5, 5.41) is 89.2. The van der Waals surface area contributed by atoms with Crippen molar-refractivity contribution in [3.05, 3.63) is 264 Å². The molecule has 0 saturated heterocycles. The molecule has 10 N–H and O–H groups in total. The average molecular weight is 1820 g/mol. The van der Waals surface area contributed by atoms with Crippen LogP contribution in [-0.4, -0.2) is 115 Å². The second-order valence-electron chi connectivity index (χ2n) is 23.8. The SMILES string of the molecule is C=C(C)B(O)O.C=C(C)c1cc([N+](=O)[O-])c(F)cc1F.CC(C)c1cc(CS(=O)(=O)c2cc(C(=O)O)cc(Cl)c2O)c(F)cc1F.CC(C)c1cc(N)c(F)cc1F.CO.COC(=O)c1cc(Cl)c(O)c(S(=O)(=O)Cc2cc(C(C)C)c(F)cc2F)c1.O=C(O)c1cc(Cl)c(O)c(S(=O)(=O)Cl)c1.O=[N+]([O-])c1cc(Br)c(F)cc1F. The van der Waals surface area contributed by atoms with Crippen molar-refractivity contribution in [3.63, 3.8) is 0 Å². The molecule has 0 aliphatic heterocycles. The van der Waals surface area contributed by atoms with Gasteiger partial charge in [-0.05, 0) is 124 Å². The number of nitro groups is 2. The molecule has 0 amide bonds. The fraction of sp³-hybridized carbons (Fsp3) is 0.214. The largest absolute Gasteiger partial charge is 0.505 e. The summed E-state index contributed by atoms with van der Waals surface area (Å²) in [7, 11) is -7.18. The molecule has 8 rings (SSSR count). The number of carboxylic acid groups (broad SMARTS) is 2. The number of sulfone groups is 2. The molecule has 44 heteroatoms. The Morgan fingerprint density at radius 3 is 1.14 bits per heavy atom. The number of aliphatic hydroxyl groups excluding tert-OH is 1. The van der Waals surface area contributed by atoms with E-state index in [0.717, 1.165) is 80.9 Å². The molecule has 0 saturated carbocycles. The van der Waals surface area contributed by atoms with Crippen LogP contribution in [0.2, 0.25) is 15.1 Å². The molecule has 0 fully saturated rings. The number of nitro benzene ring substituents is 2. The van der Waals surface area contributed by atoms with Crippen molar-refractivity contribution in [1.82, 2.24) is 0 Å². The van der Waals surface area contributed by atoms with E-state index in [-0.39, 0.29) is 71.9 Å². The van der Waals surface area contributed by atoms with E-state index in [9.17, 15) is 119 Å². The van der Waals surface area contributed by atoms with E-state index in [2.05, 4.69) is 33.8 Å². The molecule has 0 aromatic heterocycles. The summed E-state index contributed by atoms with van der Waals surface area (Å²) >= 11 is 19.6. The van der Waals surface area contributed by atoms with Gasteiger partial charge in [-0.3, -0.25) is 20.2 Å². The number of carbonyl (C=O) groups is 3. The molecule has 0 radical (unpaired) electrons. The minimum absolute atomic E-state index is 0.0000926. The molecule has 8 aromatic rings. The topological polar surface area (TPSA) is 437 Å². The number of carboxylic acids is 2. The number of nitrogens with two attached hydrogens (primary N) is 1. The number of ether oxygens (including phenoxy) is 1. The zero-order valence-corrected chi connectivity index (χ0v) is 67.6. The van der Waals surface area contributed by atoms with Crippen LogP contribution in [0.25, 0.3) is 5.57 Å². The van der Waals surface area contributed by atoms with Crippen LogP contribution in [0.3, 0.4) is 0 Å². The average Bonchev–Trinajstić information content (AvgIpc) is 0.779. The van der Waals surface area contributed by atoms with Gasteiger partial charge in [-0.2, -0.15) is 8.78 Å². The summed E-state index contributed by atoms with van der Waals surface area (Å²) in [6, 6.07) is 13.4. The molecule has 0 heterocycles. The van der Waals surface area contributed by atoms with Gasteiger partial charge >= 0.3 is 36.4 Å². The van der Waals surface area contributed by atoms with Gasteiger partial charge in [-0.15, -0.1) is 6.58 Å². The van der Waals surface area contributed by atoms with Crippen LogP contribution in [-0.2, 0) is 45.0 Å². The highest BCUT2D eigenvalue weighted by molar-refractivity contribution is 9.10. The molecule has 25 nitrogen and oxygen atoms in total. The predicted molar refractivity (Wildman–Crippen MR) is 407 cm³/mol. The minimum Gasteiger partial charge on any atom is -0.505 e. The number of carbonyl (C=O) groups excluding carboxylic acids is 1. The van der Waals surface area contributed by atoms with Crippen LogP contribution < -0.4 is 5.73 Å². The summed E-state index contributed by atoms with van der Waals surface area (Å²) in [6.07, 6.45) is 0. The number of hydrogen-bond acceptors (Lipinski definition) is 21. The first kappa shape index (κ1) is 102. The third kappa shape index (κ3) is 29.7. The lowest BCUT2D eigenvalue weighted by Crippen LogP contribution is -2.11. The van der Waals surface area contributed by atoms with Gasteiger partial charge < -0.3 is 51.2 Å². The van der Waals surface area contributed by atoms with E-state index < -0.39 is 192 Å². The Morgan fingerprint density at radius 2 is 0.816 bits per heavy atom. The highest BCUT2D eigenvalue weighted by Gasteiger charge is 2.30.